The number of carbonyl (C=O) groups is 1. The third-order valence-corrected chi connectivity index (χ3v) is 4.60. The molecule has 0 bridgehead atoms. The van der Waals surface area contributed by atoms with Gasteiger partial charge in [0.15, 0.2) is 0 Å². The molecule has 18 heavy (non-hydrogen) atoms. The maximum Gasteiger partial charge on any atom is 0.222 e. The molecule has 1 heterocycles. The van der Waals surface area contributed by atoms with E-state index in [4.69, 9.17) is 5.73 Å². The van der Waals surface area contributed by atoms with Crippen LogP contribution in [0.1, 0.15) is 42.4 Å². The zero-order valence-corrected chi connectivity index (χ0v) is 12.0. The van der Waals surface area contributed by atoms with Crippen molar-refractivity contribution >= 4 is 17.2 Å². The molecule has 4 heteroatoms. The van der Waals surface area contributed by atoms with Crippen molar-refractivity contribution in [2.45, 2.75) is 57.5 Å². The molecule has 0 spiro atoms. The average molecular weight is 266 g/mol. The van der Waals surface area contributed by atoms with E-state index in [9.17, 15) is 4.79 Å². The summed E-state index contributed by atoms with van der Waals surface area (Å²) >= 11 is 1.80. The standard InChI is InChI=1S/C14H22N2OS/c1-10(8-12-5-4-11(2)18-12)16-13(17)9-14(15)6-3-7-14/h4-5,10H,3,6-9,15H2,1-2H3,(H,16,17). The average Bonchev–Trinajstić information content (AvgIpc) is 2.61. The van der Waals surface area contributed by atoms with Crippen molar-refractivity contribution in [1.29, 1.82) is 0 Å². The molecule has 100 valence electrons. The lowest BCUT2D eigenvalue weighted by molar-refractivity contribution is -0.123. The van der Waals surface area contributed by atoms with Crippen LogP contribution in [0.2, 0.25) is 0 Å². The van der Waals surface area contributed by atoms with Crippen LogP contribution in [0.5, 0.6) is 0 Å². The van der Waals surface area contributed by atoms with Crippen LogP contribution in [0.3, 0.4) is 0 Å². The highest BCUT2D eigenvalue weighted by Gasteiger charge is 2.34. The second-order valence-electron chi connectivity index (χ2n) is 5.58. The van der Waals surface area contributed by atoms with Gasteiger partial charge in [0.2, 0.25) is 5.91 Å². The number of carbonyl (C=O) groups excluding carboxylic acids is 1. The fourth-order valence-electron chi connectivity index (χ4n) is 2.40. The van der Waals surface area contributed by atoms with Gasteiger partial charge in [-0.2, -0.15) is 0 Å². The summed E-state index contributed by atoms with van der Waals surface area (Å²) < 4.78 is 0. The second kappa shape index (κ2) is 5.41. The van der Waals surface area contributed by atoms with Gasteiger partial charge in [0.1, 0.15) is 0 Å². The molecule has 1 aromatic heterocycles. The van der Waals surface area contributed by atoms with E-state index in [1.54, 1.807) is 11.3 Å². The minimum absolute atomic E-state index is 0.0954. The van der Waals surface area contributed by atoms with Crippen LogP contribution in [0.15, 0.2) is 12.1 Å². The Kier molecular flexibility index (Phi) is 4.07. The number of hydrogen-bond donors (Lipinski definition) is 2. The molecule has 0 saturated heterocycles. The Morgan fingerprint density at radius 2 is 2.28 bits per heavy atom. The monoisotopic (exact) mass is 266 g/mol. The van der Waals surface area contributed by atoms with Gasteiger partial charge in [0.25, 0.3) is 0 Å². The third kappa shape index (κ3) is 3.56. The quantitative estimate of drug-likeness (QED) is 0.859. The molecule has 1 amide bonds. The first-order valence-corrected chi connectivity index (χ1v) is 7.42. The lowest BCUT2D eigenvalue weighted by Gasteiger charge is -2.37. The molecule has 1 saturated carbocycles. The van der Waals surface area contributed by atoms with Crippen LogP contribution in [0, 0.1) is 6.92 Å². The zero-order chi connectivity index (χ0) is 13.2. The van der Waals surface area contributed by atoms with Gasteiger partial charge in [-0.15, -0.1) is 11.3 Å². The smallest absolute Gasteiger partial charge is 0.222 e. The predicted octanol–water partition coefficient (Wildman–Crippen LogP) is 2.38. The summed E-state index contributed by atoms with van der Waals surface area (Å²) in [6, 6.07) is 4.44. The number of nitrogens with two attached hydrogens (primary N) is 1. The van der Waals surface area contributed by atoms with Gasteiger partial charge in [-0.1, -0.05) is 0 Å². The van der Waals surface area contributed by atoms with Crippen LogP contribution < -0.4 is 11.1 Å². The van der Waals surface area contributed by atoms with Gasteiger partial charge in [-0.25, -0.2) is 0 Å². The van der Waals surface area contributed by atoms with Crippen LogP contribution >= 0.6 is 11.3 Å². The van der Waals surface area contributed by atoms with Gasteiger partial charge < -0.3 is 11.1 Å². The summed E-state index contributed by atoms with van der Waals surface area (Å²) in [5.41, 5.74) is 5.86. The molecule has 0 radical (unpaired) electrons. The molecule has 0 aromatic carbocycles. The highest BCUT2D eigenvalue weighted by Crippen LogP contribution is 2.31. The molecule has 2 rings (SSSR count). The fourth-order valence-corrected chi connectivity index (χ4v) is 3.42. The van der Waals surface area contributed by atoms with Crippen LogP contribution in [0.4, 0.5) is 0 Å². The van der Waals surface area contributed by atoms with Crippen molar-refractivity contribution in [1.82, 2.24) is 5.32 Å². The molecule has 3 nitrogen and oxygen atoms in total. The van der Waals surface area contributed by atoms with Gasteiger partial charge in [-0.3, -0.25) is 4.79 Å². The van der Waals surface area contributed by atoms with E-state index in [0.29, 0.717) is 6.42 Å². The first-order valence-electron chi connectivity index (χ1n) is 6.60. The Labute approximate surface area is 113 Å². The van der Waals surface area contributed by atoms with Crippen molar-refractivity contribution in [3.05, 3.63) is 21.9 Å². The van der Waals surface area contributed by atoms with Gasteiger partial charge in [0, 0.05) is 34.2 Å². The number of aryl methyl sites for hydroxylation is 1. The van der Waals surface area contributed by atoms with Crippen molar-refractivity contribution in [3.8, 4) is 0 Å². The topological polar surface area (TPSA) is 55.1 Å². The highest BCUT2D eigenvalue weighted by molar-refractivity contribution is 7.11. The van der Waals surface area contributed by atoms with Gasteiger partial charge in [0.05, 0.1) is 0 Å². The van der Waals surface area contributed by atoms with Crippen LogP contribution in [-0.2, 0) is 11.2 Å². The maximum atomic E-state index is 11.9. The van der Waals surface area contributed by atoms with E-state index < -0.39 is 0 Å². The molecule has 0 aliphatic heterocycles. The molecule has 1 aliphatic rings. The highest BCUT2D eigenvalue weighted by atomic mass is 32.1. The van der Waals surface area contributed by atoms with Gasteiger partial charge in [-0.05, 0) is 45.2 Å². The third-order valence-electron chi connectivity index (χ3n) is 3.57. The van der Waals surface area contributed by atoms with Crippen molar-refractivity contribution in [3.63, 3.8) is 0 Å². The number of nitrogens with one attached hydrogen (secondary N) is 1. The number of rotatable bonds is 5. The number of hydrogen-bond acceptors (Lipinski definition) is 3. The van der Waals surface area contributed by atoms with Crippen LogP contribution in [0.25, 0.3) is 0 Å². The van der Waals surface area contributed by atoms with E-state index in [2.05, 4.69) is 31.3 Å². The molecule has 1 aliphatic carbocycles. The van der Waals surface area contributed by atoms with Crippen molar-refractivity contribution in [2.75, 3.05) is 0 Å². The van der Waals surface area contributed by atoms with E-state index in [1.807, 2.05) is 0 Å². The van der Waals surface area contributed by atoms with E-state index in [1.165, 1.54) is 9.75 Å². The molecular formula is C14H22N2OS. The maximum absolute atomic E-state index is 11.9. The minimum Gasteiger partial charge on any atom is -0.353 e. The normalized spacial score (nSPS) is 19.1. The fraction of sp³-hybridized carbons (Fsp3) is 0.643. The SMILES string of the molecule is Cc1ccc(CC(C)NC(=O)CC2(N)CCC2)s1. The molecule has 1 fully saturated rings. The lowest BCUT2D eigenvalue weighted by Crippen LogP contribution is -2.50. The minimum atomic E-state index is -0.219. The number of thiophene rings is 1. The first kappa shape index (κ1) is 13.6. The summed E-state index contributed by atoms with van der Waals surface area (Å²) in [6.45, 7) is 4.16. The summed E-state index contributed by atoms with van der Waals surface area (Å²) in [5.74, 6) is 0.0954. The largest absolute Gasteiger partial charge is 0.353 e. The molecular weight excluding hydrogens is 244 g/mol. The van der Waals surface area contributed by atoms with Crippen LogP contribution in [-0.4, -0.2) is 17.5 Å². The molecule has 3 N–H and O–H groups in total. The molecule has 1 atom stereocenters. The second-order valence-corrected chi connectivity index (χ2v) is 6.95. The van der Waals surface area contributed by atoms with Gasteiger partial charge >= 0.3 is 0 Å². The first-order chi connectivity index (χ1) is 8.47. The van der Waals surface area contributed by atoms with E-state index in [-0.39, 0.29) is 17.5 Å². The van der Waals surface area contributed by atoms with E-state index >= 15 is 0 Å². The van der Waals surface area contributed by atoms with Crippen molar-refractivity contribution in [2.24, 2.45) is 5.73 Å². The molecule has 1 unspecified atom stereocenters. The molecule has 1 aromatic rings. The zero-order valence-electron chi connectivity index (χ0n) is 11.2. The summed E-state index contributed by atoms with van der Waals surface area (Å²) in [5, 5.41) is 3.05. The Morgan fingerprint density at radius 1 is 1.56 bits per heavy atom. The van der Waals surface area contributed by atoms with Crippen molar-refractivity contribution < 1.29 is 4.79 Å². The summed E-state index contributed by atoms with van der Waals surface area (Å²) in [7, 11) is 0. The Balaban J connectivity index is 1.76. The van der Waals surface area contributed by atoms with E-state index in [0.717, 1.165) is 25.7 Å². The summed E-state index contributed by atoms with van der Waals surface area (Å²) in [4.78, 5) is 14.5. The Hall–Kier alpha value is -0.870. The Bertz CT molecular complexity index is 423. The predicted molar refractivity (Wildman–Crippen MR) is 75.8 cm³/mol. The Morgan fingerprint density at radius 3 is 2.78 bits per heavy atom. The summed E-state index contributed by atoms with van der Waals surface area (Å²) in [6.07, 6.45) is 4.51. The lowest BCUT2D eigenvalue weighted by atomic mass is 9.75. The number of amides is 1.